The lowest BCUT2D eigenvalue weighted by Crippen LogP contribution is -2.34. The van der Waals surface area contributed by atoms with E-state index in [0.717, 1.165) is 24.7 Å². The summed E-state index contributed by atoms with van der Waals surface area (Å²) in [5.41, 5.74) is 7.02. The molecule has 1 saturated heterocycles. The normalized spacial score (nSPS) is 22.5. The average Bonchev–Trinajstić information content (AvgIpc) is 3.05. The van der Waals surface area contributed by atoms with Gasteiger partial charge in [0.2, 0.25) is 0 Å². The first-order chi connectivity index (χ1) is 12.2. The molecule has 0 saturated carbocycles. The van der Waals surface area contributed by atoms with Gasteiger partial charge in [0.15, 0.2) is 0 Å². The number of nitrogens with zero attached hydrogens (tertiary/aromatic N) is 3. The number of aryl methyl sites for hydroxylation is 3. The van der Waals surface area contributed by atoms with Crippen LogP contribution in [0.2, 0.25) is 0 Å². The lowest BCUT2D eigenvalue weighted by atomic mass is 9.97. The summed E-state index contributed by atoms with van der Waals surface area (Å²) in [5, 5.41) is 1.47. The summed E-state index contributed by atoms with van der Waals surface area (Å²) >= 11 is 0. The van der Waals surface area contributed by atoms with E-state index in [-0.39, 0.29) is 0 Å². The van der Waals surface area contributed by atoms with E-state index in [0.29, 0.717) is 6.04 Å². The van der Waals surface area contributed by atoms with Crippen molar-refractivity contribution < 1.29 is 0 Å². The minimum Gasteiger partial charge on any atom is -0.344 e. The molecule has 128 valence electrons. The predicted molar refractivity (Wildman–Crippen MR) is 102 cm³/mol. The SMILES string of the molecule is Cc1ccc(CCn2c3c(c4ccccc42)C2CC[C@H](C3)N2C)cn1. The second-order valence-electron chi connectivity index (χ2n) is 7.70. The van der Waals surface area contributed by atoms with Crippen LogP contribution in [0.4, 0.5) is 0 Å². The highest BCUT2D eigenvalue weighted by Crippen LogP contribution is 2.46. The number of hydrogen-bond acceptors (Lipinski definition) is 2. The zero-order chi connectivity index (χ0) is 17.0. The highest BCUT2D eigenvalue weighted by molar-refractivity contribution is 5.86. The number of pyridine rings is 1. The predicted octanol–water partition coefficient (Wildman–Crippen LogP) is 4.28. The Morgan fingerprint density at radius 1 is 1.12 bits per heavy atom. The quantitative estimate of drug-likeness (QED) is 0.714. The molecular formula is C22H25N3. The Morgan fingerprint density at radius 3 is 2.84 bits per heavy atom. The van der Waals surface area contributed by atoms with Crippen LogP contribution < -0.4 is 0 Å². The summed E-state index contributed by atoms with van der Waals surface area (Å²) in [6, 6.07) is 14.7. The fourth-order valence-corrected chi connectivity index (χ4v) is 4.95. The Kier molecular flexibility index (Phi) is 3.46. The summed E-state index contributed by atoms with van der Waals surface area (Å²) in [5.74, 6) is 0. The fourth-order valence-electron chi connectivity index (χ4n) is 4.95. The van der Waals surface area contributed by atoms with Crippen LogP contribution in [0.25, 0.3) is 10.9 Å². The summed E-state index contributed by atoms with van der Waals surface area (Å²) in [6.45, 7) is 3.09. The average molecular weight is 331 g/mol. The maximum Gasteiger partial charge on any atom is 0.0486 e. The molecule has 3 heteroatoms. The molecule has 1 aromatic carbocycles. The lowest BCUT2D eigenvalue weighted by Gasteiger charge is -2.32. The molecule has 3 nitrogen and oxygen atoms in total. The van der Waals surface area contributed by atoms with Gasteiger partial charge >= 0.3 is 0 Å². The Bertz CT molecular complexity index is 922. The molecule has 0 N–H and O–H groups in total. The molecule has 0 aliphatic carbocycles. The van der Waals surface area contributed by atoms with Crippen LogP contribution in [0.3, 0.4) is 0 Å². The molecule has 1 fully saturated rings. The number of para-hydroxylation sites is 1. The van der Waals surface area contributed by atoms with E-state index in [1.54, 1.807) is 11.3 Å². The second-order valence-corrected chi connectivity index (χ2v) is 7.70. The van der Waals surface area contributed by atoms with Crippen molar-refractivity contribution in [2.24, 2.45) is 0 Å². The topological polar surface area (TPSA) is 21.1 Å². The van der Waals surface area contributed by atoms with Gasteiger partial charge in [-0.25, -0.2) is 0 Å². The van der Waals surface area contributed by atoms with Crippen LogP contribution in [0.15, 0.2) is 42.6 Å². The van der Waals surface area contributed by atoms with Crippen LogP contribution in [0.5, 0.6) is 0 Å². The number of fused-ring (bicyclic) bond motifs is 6. The number of aromatic nitrogens is 2. The molecule has 25 heavy (non-hydrogen) atoms. The second kappa shape index (κ2) is 5.70. The zero-order valence-electron chi connectivity index (χ0n) is 15.1. The summed E-state index contributed by atoms with van der Waals surface area (Å²) in [4.78, 5) is 7.07. The van der Waals surface area contributed by atoms with Crippen LogP contribution in [0.1, 0.15) is 41.4 Å². The Labute approximate surface area is 149 Å². The van der Waals surface area contributed by atoms with E-state index in [9.17, 15) is 0 Å². The van der Waals surface area contributed by atoms with Crippen molar-refractivity contribution in [2.45, 2.75) is 51.2 Å². The maximum absolute atomic E-state index is 4.46. The van der Waals surface area contributed by atoms with Crippen molar-refractivity contribution in [1.29, 1.82) is 0 Å². The third kappa shape index (κ3) is 2.33. The summed E-state index contributed by atoms with van der Waals surface area (Å²) < 4.78 is 2.60. The van der Waals surface area contributed by atoms with Crippen molar-refractivity contribution >= 4 is 10.9 Å². The molecule has 2 atom stereocenters. The summed E-state index contributed by atoms with van der Waals surface area (Å²) in [6.07, 6.45) is 6.92. The van der Waals surface area contributed by atoms with Gasteiger partial charge < -0.3 is 4.57 Å². The molecule has 0 radical (unpaired) electrons. The van der Waals surface area contributed by atoms with E-state index in [1.165, 1.54) is 35.7 Å². The van der Waals surface area contributed by atoms with Crippen molar-refractivity contribution in [3.05, 3.63) is 65.1 Å². The smallest absolute Gasteiger partial charge is 0.0486 e. The first-order valence-electron chi connectivity index (χ1n) is 9.46. The fraction of sp³-hybridized carbons (Fsp3) is 0.409. The van der Waals surface area contributed by atoms with Crippen molar-refractivity contribution in [1.82, 2.24) is 14.5 Å². The first-order valence-corrected chi connectivity index (χ1v) is 9.46. The van der Waals surface area contributed by atoms with E-state index in [1.807, 2.05) is 13.1 Å². The van der Waals surface area contributed by atoms with Crippen LogP contribution >= 0.6 is 0 Å². The van der Waals surface area contributed by atoms with Gasteiger partial charge in [-0.15, -0.1) is 0 Å². The molecule has 5 rings (SSSR count). The van der Waals surface area contributed by atoms with Gasteiger partial charge in [0.25, 0.3) is 0 Å². The summed E-state index contributed by atoms with van der Waals surface area (Å²) in [7, 11) is 2.31. The molecule has 2 aliphatic rings. The van der Waals surface area contributed by atoms with Gasteiger partial charge in [-0.1, -0.05) is 24.3 Å². The van der Waals surface area contributed by atoms with Gasteiger partial charge in [0.05, 0.1) is 0 Å². The molecule has 1 unspecified atom stereocenters. The Morgan fingerprint density at radius 2 is 2.00 bits per heavy atom. The van der Waals surface area contributed by atoms with E-state index < -0.39 is 0 Å². The van der Waals surface area contributed by atoms with Gasteiger partial charge in [-0.05, 0) is 56.5 Å². The van der Waals surface area contributed by atoms with E-state index in [2.05, 4.69) is 57.9 Å². The van der Waals surface area contributed by atoms with Gasteiger partial charge in [0, 0.05) is 53.5 Å². The Hall–Kier alpha value is -2.13. The molecular weight excluding hydrogens is 306 g/mol. The number of benzene rings is 1. The largest absolute Gasteiger partial charge is 0.344 e. The lowest BCUT2D eigenvalue weighted by molar-refractivity contribution is 0.222. The molecule has 2 aromatic heterocycles. The minimum absolute atomic E-state index is 0.612. The van der Waals surface area contributed by atoms with Crippen LogP contribution in [-0.4, -0.2) is 27.5 Å². The van der Waals surface area contributed by atoms with Crippen LogP contribution in [0, 0.1) is 6.92 Å². The highest BCUT2D eigenvalue weighted by atomic mass is 15.2. The van der Waals surface area contributed by atoms with Gasteiger partial charge in [-0.2, -0.15) is 0 Å². The van der Waals surface area contributed by atoms with Crippen molar-refractivity contribution in [3.8, 4) is 0 Å². The zero-order valence-corrected chi connectivity index (χ0v) is 15.1. The molecule has 4 heterocycles. The standard InChI is InChI=1S/C22H25N3/c1-15-7-8-16(14-23-15)11-12-25-19-6-4-3-5-18(19)22-20-10-9-17(24(20)2)13-21(22)25/h3-8,14,17,20H,9-13H2,1-2H3/t17-,20?/m1/s1. The number of likely N-dealkylation sites (N-methyl/N-ethyl adjacent to an activating group) is 1. The molecule has 0 spiro atoms. The first kappa shape index (κ1) is 15.2. The van der Waals surface area contributed by atoms with Gasteiger partial charge in [0.1, 0.15) is 0 Å². The van der Waals surface area contributed by atoms with Crippen molar-refractivity contribution in [3.63, 3.8) is 0 Å². The molecule has 2 bridgehead atoms. The molecule has 2 aliphatic heterocycles. The van der Waals surface area contributed by atoms with Crippen LogP contribution in [-0.2, 0) is 19.4 Å². The third-order valence-electron chi connectivity index (χ3n) is 6.32. The number of hydrogen-bond donors (Lipinski definition) is 0. The minimum atomic E-state index is 0.612. The third-order valence-corrected chi connectivity index (χ3v) is 6.32. The molecule has 3 aromatic rings. The van der Waals surface area contributed by atoms with E-state index in [4.69, 9.17) is 0 Å². The monoisotopic (exact) mass is 331 g/mol. The van der Waals surface area contributed by atoms with Crippen molar-refractivity contribution in [2.75, 3.05) is 7.05 Å². The highest BCUT2D eigenvalue weighted by Gasteiger charge is 2.40. The van der Waals surface area contributed by atoms with E-state index >= 15 is 0 Å². The maximum atomic E-state index is 4.46. The van der Waals surface area contributed by atoms with Gasteiger partial charge in [-0.3, -0.25) is 9.88 Å². The molecule has 0 amide bonds. The number of rotatable bonds is 3. The Balaban J connectivity index is 1.57.